The van der Waals surface area contributed by atoms with Crippen molar-refractivity contribution in [3.63, 3.8) is 0 Å². The molecule has 10 nitrogen and oxygen atoms in total. The lowest BCUT2D eigenvalue weighted by atomic mass is 10.1. The number of methoxy groups -OCH3 is 1. The second-order valence-electron chi connectivity index (χ2n) is 6.05. The van der Waals surface area contributed by atoms with Gasteiger partial charge in [-0.3, -0.25) is 9.59 Å². The Bertz CT molecular complexity index is 1060. The SMILES string of the molecule is COc1cc(-c2cnco2)ccc1NC(=O)C(=O)Nc1cccc(CNC(=O)O)c1. The van der Waals surface area contributed by atoms with Gasteiger partial charge in [-0.25, -0.2) is 9.78 Å². The number of nitrogens with zero attached hydrogens (tertiary/aromatic N) is 1. The average molecular weight is 410 g/mol. The smallest absolute Gasteiger partial charge is 0.404 e. The van der Waals surface area contributed by atoms with E-state index in [1.165, 1.54) is 13.5 Å². The molecule has 3 rings (SSSR count). The Labute approximate surface area is 170 Å². The second-order valence-corrected chi connectivity index (χ2v) is 6.05. The molecule has 0 aliphatic heterocycles. The molecule has 0 aliphatic rings. The number of hydrogen-bond acceptors (Lipinski definition) is 6. The third kappa shape index (κ3) is 5.13. The molecule has 0 atom stereocenters. The minimum absolute atomic E-state index is 0.0694. The highest BCUT2D eigenvalue weighted by molar-refractivity contribution is 6.43. The Kier molecular flexibility index (Phi) is 6.28. The number of nitrogens with one attached hydrogen (secondary N) is 3. The van der Waals surface area contributed by atoms with E-state index < -0.39 is 17.9 Å². The molecule has 3 aromatic rings. The van der Waals surface area contributed by atoms with Gasteiger partial charge in [0.1, 0.15) is 5.75 Å². The molecular formula is C20H18N4O6. The summed E-state index contributed by atoms with van der Waals surface area (Å²) in [4.78, 5) is 39.0. The summed E-state index contributed by atoms with van der Waals surface area (Å²) in [5, 5.41) is 15.9. The number of oxazole rings is 1. The lowest BCUT2D eigenvalue weighted by molar-refractivity contribution is -0.133. The number of ether oxygens (including phenoxy) is 1. The monoisotopic (exact) mass is 410 g/mol. The number of benzene rings is 2. The Balaban J connectivity index is 1.66. The standard InChI is InChI=1S/C20H18N4O6/c1-29-16-8-13(17-10-21-11-30-17)5-6-15(16)24-19(26)18(25)23-14-4-2-3-12(7-14)9-22-20(27)28/h2-8,10-11,22H,9H2,1H3,(H,23,25)(H,24,26)(H,27,28). The molecule has 30 heavy (non-hydrogen) atoms. The molecule has 4 N–H and O–H groups in total. The van der Waals surface area contributed by atoms with E-state index >= 15 is 0 Å². The second kappa shape index (κ2) is 9.24. The highest BCUT2D eigenvalue weighted by Crippen LogP contribution is 2.30. The van der Waals surface area contributed by atoms with Crippen molar-refractivity contribution in [2.75, 3.05) is 17.7 Å². The van der Waals surface area contributed by atoms with E-state index in [4.69, 9.17) is 14.3 Å². The van der Waals surface area contributed by atoms with Gasteiger partial charge < -0.3 is 30.2 Å². The van der Waals surface area contributed by atoms with Crippen molar-refractivity contribution in [2.45, 2.75) is 6.54 Å². The fourth-order valence-corrected chi connectivity index (χ4v) is 2.61. The molecule has 3 amide bonds. The number of rotatable bonds is 6. The summed E-state index contributed by atoms with van der Waals surface area (Å²) in [6.45, 7) is 0.0694. The molecule has 0 aliphatic carbocycles. The van der Waals surface area contributed by atoms with E-state index in [9.17, 15) is 14.4 Å². The number of carboxylic acid groups (broad SMARTS) is 1. The minimum Gasteiger partial charge on any atom is -0.495 e. The number of carbonyl (C=O) groups excluding carboxylic acids is 2. The summed E-state index contributed by atoms with van der Waals surface area (Å²) in [6, 6.07) is 11.4. The molecule has 0 bridgehead atoms. The van der Waals surface area contributed by atoms with Crippen molar-refractivity contribution in [1.29, 1.82) is 0 Å². The van der Waals surface area contributed by atoms with Crippen LogP contribution in [0.4, 0.5) is 16.2 Å². The van der Waals surface area contributed by atoms with E-state index in [1.54, 1.807) is 48.7 Å². The molecule has 0 saturated heterocycles. The van der Waals surface area contributed by atoms with E-state index in [0.29, 0.717) is 34.0 Å². The summed E-state index contributed by atoms with van der Waals surface area (Å²) in [7, 11) is 1.44. The van der Waals surface area contributed by atoms with Crippen molar-refractivity contribution in [3.8, 4) is 17.1 Å². The third-order valence-electron chi connectivity index (χ3n) is 4.00. The number of amides is 3. The van der Waals surface area contributed by atoms with Crippen molar-refractivity contribution in [2.24, 2.45) is 0 Å². The zero-order chi connectivity index (χ0) is 21.5. The van der Waals surface area contributed by atoms with Crippen LogP contribution in [0.5, 0.6) is 5.75 Å². The number of aromatic nitrogens is 1. The maximum Gasteiger partial charge on any atom is 0.404 e. The van der Waals surface area contributed by atoms with E-state index in [2.05, 4.69) is 20.9 Å². The lowest BCUT2D eigenvalue weighted by Crippen LogP contribution is -2.29. The Morgan fingerprint density at radius 1 is 1.10 bits per heavy atom. The predicted molar refractivity (Wildman–Crippen MR) is 107 cm³/mol. The minimum atomic E-state index is -1.16. The molecule has 1 aromatic heterocycles. The van der Waals surface area contributed by atoms with Gasteiger partial charge >= 0.3 is 17.9 Å². The quantitative estimate of drug-likeness (QED) is 0.458. The molecule has 0 saturated carbocycles. The Morgan fingerprint density at radius 2 is 1.90 bits per heavy atom. The zero-order valence-corrected chi connectivity index (χ0v) is 15.8. The first-order valence-electron chi connectivity index (χ1n) is 8.71. The summed E-state index contributed by atoms with van der Waals surface area (Å²) in [5.74, 6) is -0.914. The van der Waals surface area contributed by atoms with Crippen LogP contribution in [-0.2, 0) is 16.1 Å². The van der Waals surface area contributed by atoms with Crippen LogP contribution in [0.15, 0.2) is 59.5 Å². The summed E-state index contributed by atoms with van der Waals surface area (Å²) in [5.41, 5.74) is 1.98. The summed E-state index contributed by atoms with van der Waals surface area (Å²) >= 11 is 0. The van der Waals surface area contributed by atoms with Crippen LogP contribution in [0.1, 0.15) is 5.56 Å². The number of carbonyl (C=O) groups is 3. The Hall–Kier alpha value is -4.34. The van der Waals surface area contributed by atoms with Gasteiger partial charge in [0, 0.05) is 17.8 Å². The van der Waals surface area contributed by atoms with Gasteiger partial charge in [-0.1, -0.05) is 12.1 Å². The van der Waals surface area contributed by atoms with Gasteiger partial charge in [0.05, 0.1) is 19.0 Å². The molecule has 1 heterocycles. The van der Waals surface area contributed by atoms with Crippen molar-refractivity contribution < 1.29 is 28.6 Å². The predicted octanol–water partition coefficient (Wildman–Crippen LogP) is 2.70. The molecule has 0 fully saturated rings. The molecule has 0 spiro atoms. The van der Waals surface area contributed by atoms with E-state index in [1.807, 2.05) is 0 Å². The molecule has 0 unspecified atom stereocenters. The number of anilines is 2. The van der Waals surface area contributed by atoms with Crippen molar-refractivity contribution in [3.05, 3.63) is 60.6 Å². The maximum absolute atomic E-state index is 12.3. The van der Waals surface area contributed by atoms with Crippen molar-refractivity contribution in [1.82, 2.24) is 10.3 Å². The molecule has 2 aromatic carbocycles. The largest absolute Gasteiger partial charge is 0.495 e. The molecule has 0 radical (unpaired) electrons. The van der Waals surface area contributed by atoms with Crippen LogP contribution in [0.3, 0.4) is 0 Å². The van der Waals surface area contributed by atoms with Crippen LogP contribution < -0.4 is 20.7 Å². The van der Waals surface area contributed by atoms with Crippen LogP contribution in [0.2, 0.25) is 0 Å². The van der Waals surface area contributed by atoms with Gasteiger partial charge in [0.15, 0.2) is 12.2 Å². The first-order chi connectivity index (χ1) is 14.5. The average Bonchev–Trinajstić information content (AvgIpc) is 3.27. The normalized spacial score (nSPS) is 10.2. The van der Waals surface area contributed by atoms with Crippen LogP contribution in [0.25, 0.3) is 11.3 Å². The maximum atomic E-state index is 12.3. The highest BCUT2D eigenvalue weighted by Gasteiger charge is 2.17. The fraction of sp³-hybridized carbons (Fsp3) is 0.100. The van der Waals surface area contributed by atoms with E-state index in [-0.39, 0.29) is 6.54 Å². The third-order valence-corrected chi connectivity index (χ3v) is 4.00. The van der Waals surface area contributed by atoms with Gasteiger partial charge in [-0.15, -0.1) is 0 Å². The lowest BCUT2D eigenvalue weighted by Gasteiger charge is -2.12. The van der Waals surface area contributed by atoms with Crippen LogP contribution in [-0.4, -0.2) is 35.1 Å². The summed E-state index contributed by atoms with van der Waals surface area (Å²) < 4.78 is 10.5. The van der Waals surface area contributed by atoms with Gasteiger partial charge in [0.2, 0.25) is 0 Å². The zero-order valence-electron chi connectivity index (χ0n) is 15.8. The molecular weight excluding hydrogens is 392 g/mol. The Morgan fingerprint density at radius 3 is 2.60 bits per heavy atom. The van der Waals surface area contributed by atoms with Crippen molar-refractivity contribution >= 4 is 29.3 Å². The van der Waals surface area contributed by atoms with Crippen LogP contribution >= 0.6 is 0 Å². The van der Waals surface area contributed by atoms with Gasteiger partial charge in [-0.05, 0) is 35.9 Å². The van der Waals surface area contributed by atoms with E-state index in [0.717, 1.165) is 0 Å². The topological polar surface area (TPSA) is 143 Å². The van der Waals surface area contributed by atoms with Crippen LogP contribution in [0, 0.1) is 0 Å². The first kappa shape index (κ1) is 20.4. The fourth-order valence-electron chi connectivity index (χ4n) is 2.61. The van der Waals surface area contributed by atoms with Gasteiger partial charge in [0.25, 0.3) is 0 Å². The number of hydrogen-bond donors (Lipinski definition) is 4. The summed E-state index contributed by atoms with van der Waals surface area (Å²) in [6.07, 6.45) is 1.68. The van der Waals surface area contributed by atoms with Gasteiger partial charge in [-0.2, -0.15) is 0 Å². The first-order valence-corrected chi connectivity index (χ1v) is 8.71. The molecule has 10 heteroatoms. The highest BCUT2D eigenvalue weighted by atomic mass is 16.5. The molecule has 154 valence electrons.